The van der Waals surface area contributed by atoms with E-state index in [-0.39, 0.29) is 27.1 Å². The summed E-state index contributed by atoms with van der Waals surface area (Å²) in [6.45, 7) is 4.29. The number of aromatic hydroxyl groups is 1. The van der Waals surface area contributed by atoms with Gasteiger partial charge in [-0.3, -0.25) is 9.52 Å². The van der Waals surface area contributed by atoms with Crippen molar-refractivity contribution in [3.63, 3.8) is 0 Å². The van der Waals surface area contributed by atoms with E-state index in [0.717, 1.165) is 22.7 Å². The fourth-order valence-electron chi connectivity index (χ4n) is 3.40. The fourth-order valence-corrected chi connectivity index (χ4v) is 5.44. The largest absolute Gasteiger partial charge is 0.507 e. The molecule has 0 atom stereocenters. The third-order valence-electron chi connectivity index (χ3n) is 5.03. The number of nitrogens with one attached hydrogen (secondary N) is 1. The van der Waals surface area contributed by atoms with Crippen LogP contribution in [0.2, 0.25) is 0 Å². The lowest BCUT2D eigenvalue weighted by molar-refractivity contribution is 0.0743. The second-order valence-electron chi connectivity index (χ2n) is 7.24. The summed E-state index contributed by atoms with van der Waals surface area (Å²) < 4.78 is 27.3. The van der Waals surface area contributed by atoms with E-state index in [1.807, 2.05) is 19.1 Å². The van der Waals surface area contributed by atoms with Crippen LogP contribution in [0, 0.1) is 6.92 Å². The molecule has 1 amide bonds. The summed E-state index contributed by atoms with van der Waals surface area (Å²) in [5.41, 5.74) is 1.46. The number of benzene rings is 1. The number of phenols is 1. The van der Waals surface area contributed by atoms with Crippen molar-refractivity contribution in [2.45, 2.75) is 11.1 Å². The lowest BCUT2D eigenvalue weighted by Crippen LogP contribution is -2.49. The molecule has 0 saturated carbocycles. The molecule has 162 valence electrons. The number of anilines is 2. The number of thiophene rings is 1. The van der Waals surface area contributed by atoms with Gasteiger partial charge in [0.1, 0.15) is 15.8 Å². The molecule has 0 aliphatic carbocycles. The molecular weight excluding hydrogens is 436 g/mol. The maximum atomic E-state index is 12.9. The number of nitrogens with zero attached hydrogens (tertiary/aromatic N) is 3. The predicted octanol–water partition coefficient (Wildman–Crippen LogP) is 2.92. The minimum atomic E-state index is -3.73. The summed E-state index contributed by atoms with van der Waals surface area (Å²) in [4.78, 5) is 21.1. The number of aromatic nitrogens is 1. The van der Waals surface area contributed by atoms with Crippen molar-refractivity contribution < 1.29 is 18.3 Å². The Kier molecular flexibility index (Phi) is 5.84. The van der Waals surface area contributed by atoms with Gasteiger partial charge in [-0.2, -0.15) is 0 Å². The molecule has 0 spiro atoms. The Morgan fingerprint density at radius 3 is 2.55 bits per heavy atom. The Bertz CT molecular complexity index is 1190. The van der Waals surface area contributed by atoms with E-state index in [2.05, 4.69) is 14.6 Å². The summed E-state index contributed by atoms with van der Waals surface area (Å²) in [5, 5.41) is 12.0. The van der Waals surface area contributed by atoms with Gasteiger partial charge in [-0.15, -0.1) is 11.3 Å². The maximum absolute atomic E-state index is 12.9. The van der Waals surface area contributed by atoms with Gasteiger partial charge < -0.3 is 14.9 Å². The molecule has 8 nitrogen and oxygen atoms in total. The molecule has 1 saturated heterocycles. The van der Waals surface area contributed by atoms with Crippen molar-refractivity contribution in [2.24, 2.45) is 0 Å². The number of carbonyl (C=O) groups is 1. The first-order chi connectivity index (χ1) is 14.8. The number of piperazine rings is 1. The van der Waals surface area contributed by atoms with Crippen LogP contribution >= 0.6 is 11.3 Å². The highest BCUT2D eigenvalue weighted by Crippen LogP contribution is 2.27. The van der Waals surface area contributed by atoms with Gasteiger partial charge in [0.05, 0.1) is 11.3 Å². The Hall–Kier alpha value is -3.11. The molecule has 1 aliphatic rings. The smallest absolute Gasteiger partial charge is 0.271 e. The summed E-state index contributed by atoms with van der Waals surface area (Å²) in [6.07, 6.45) is 1.77. The quantitative estimate of drug-likeness (QED) is 0.609. The highest BCUT2D eigenvalue weighted by molar-refractivity contribution is 7.94. The zero-order valence-corrected chi connectivity index (χ0v) is 18.5. The van der Waals surface area contributed by atoms with Crippen molar-refractivity contribution in [2.75, 3.05) is 35.8 Å². The van der Waals surface area contributed by atoms with Gasteiger partial charge in [0, 0.05) is 38.4 Å². The molecular formula is C21H22N4O4S2. The predicted molar refractivity (Wildman–Crippen MR) is 120 cm³/mol. The third kappa shape index (κ3) is 4.64. The first kappa shape index (κ1) is 21.1. The van der Waals surface area contributed by atoms with E-state index in [1.54, 1.807) is 22.5 Å². The molecule has 3 heterocycles. The number of hydrogen-bond acceptors (Lipinski definition) is 7. The minimum Gasteiger partial charge on any atom is -0.507 e. The molecule has 0 radical (unpaired) electrons. The molecule has 2 aromatic heterocycles. The third-order valence-corrected chi connectivity index (χ3v) is 7.81. The monoisotopic (exact) mass is 458 g/mol. The average molecular weight is 459 g/mol. The van der Waals surface area contributed by atoms with E-state index >= 15 is 0 Å². The Morgan fingerprint density at radius 1 is 1.13 bits per heavy atom. The lowest BCUT2D eigenvalue weighted by atomic mass is 10.1. The number of amides is 1. The number of aryl methyl sites for hydroxylation is 1. The molecule has 31 heavy (non-hydrogen) atoms. The summed E-state index contributed by atoms with van der Waals surface area (Å²) in [6, 6.07) is 11.3. The number of phenolic OH excluding ortho intramolecular Hbond substituents is 1. The van der Waals surface area contributed by atoms with Crippen LogP contribution in [-0.4, -0.2) is 55.5 Å². The second kappa shape index (κ2) is 8.56. The van der Waals surface area contributed by atoms with E-state index in [9.17, 15) is 18.3 Å². The SMILES string of the molecule is Cc1ccnc(N2CCN(C(=O)c3ccc(NS(=O)(=O)c4cccs4)cc3O)CC2)c1. The molecule has 10 heteroatoms. The van der Waals surface area contributed by atoms with Crippen LogP contribution in [0.3, 0.4) is 0 Å². The van der Waals surface area contributed by atoms with Crippen LogP contribution in [0.5, 0.6) is 5.75 Å². The molecule has 2 N–H and O–H groups in total. The molecule has 3 aromatic rings. The van der Waals surface area contributed by atoms with E-state index < -0.39 is 10.0 Å². The number of sulfonamides is 1. The molecule has 1 aromatic carbocycles. The number of pyridine rings is 1. The van der Waals surface area contributed by atoms with Crippen LogP contribution in [-0.2, 0) is 10.0 Å². The normalized spacial score (nSPS) is 14.5. The highest BCUT2D eigenvalue weighted by Gasteiger charge is 2.25. The maximum Gasteiger partial charge on any atom is 0.271 e. The van der Waals surface area contributed by atoms with E-state index in [4.69, 9.17) is 0 Å². The zero-order chi connectivity index (χ0) is 22.0. The van der Waals surface area contributed by atoms with Gasteiger partial charge >= 0.3 is 0 Å². The van der Waals surface area contributed by atoms with Gasteiger partial charge in [0.15, 0.2) is 0 Å². The van der Waals surface area contributed by atoms with Gasteiger partial charge in [0.2, 0.25) is 0 Å². The number of rotatable bonds is 5. The average Bonchev–Trinajstić information content (AvgIpc) is 3.29. The summed E-state index contributed by atoms with van der Waals surface area (Å²) in [5.74, 6) is 0.332. The van der Waals surface area contributed by atoms with Gasteiger partial charge in [-0.1, -0.05) is 6.07 Å². The van der Waals surface area contributed by atoms with Gasteiger partial charge in [-0.05, 0) is 48.2 Å². The van der Waals surface area contributed by atoms with Gasteiger partial charge in [0.25, 0.3) is 15.9 Å². The topological polar surface area (TPSA) is 103 Å². The fraction of sp³-hybridized carbons (Fsp3) is 0.238. The highest BCUT2D eigenvalue weighted by atomic mass is 32.2. The minimum absolute atomic E-state index is 0.140. The summed E-state index contributed by atoms with van der Waals surface area (Å²) in [7, 11) is -3.73. The molecule has 1 fully saturated rings. The van der Waals surface area contributed by atoms with E-state index in [0.29, 0.717) is 26.2 Å². The summed E-state index contributed by atoms with van der Waals surface area (Å²) >= 11 is 1.10. The second-order valence-corrected chi connectivity index (χ2v) is 10.1. The molecule has 0 unspecified atom stereocenters. The Morgan fingerprint density at radius 2 is 1.90 bits per heavy atom. The molecule has 0 bridgehead atoms. The number of hydrogen-bond donors (Lipinski definition) is 2. The standard InChI is InChI=1S/C21H22N4O4S2/c1-15-6-7-22-19(13-15)24-8-10-25(11-9-24)21(27)17-5-4-16(14-18(17)26)23-31(28,29)20-3-2-12-30-20/h2-7,12-14,23,26H,8-11H2,1H3. The van der Waals surface area contributed by atoms with Crippen molar-refractivity contribution in [1.82, 2.24) is 9.88 Å². The Balaban J connectivity index is 1.42. The van der Waals surface area contributed by atoms with Gasteiger partial charge in [-0.25, -0.2) is 13.4 Å². The first-order valence-corrected chi connectivity index (χ1v) is 12.1. The van der Waals surface area contributed by atoms with Crippen molar-refractivity contribution in [3.8, 4) is 5.75 Å². The first-order valence-electron chi connectivity index (χ1n) is 9.70. The van der Waals surface area contributed by atoms with Crippen molar-refractivity contribution >= 4 is 38.8 Å². The number of carbonyl (C=O) groups excluding carboxylic acids is 1. The van der Waals surface area contributed by atoms with E-state index in [1.165, 1.54) is 24.3 Å². The van der Waals surface area contributed by atoms with Crippen LogP contribution in [0.15, 0.2) is 58.3 Å². The Labute approximate surface area is 184 Å². The zero-order valence-electron chi connectivity index (χ0n) is 16.9. The van der Waals surface area contributed by atoms with Crippen LogP contribution in [0.25, 0.3) is 0 Å². The molecule has 4 rings (SSSR count). The van der Waals surface area contributed by atoms with Crippen molar-refractivity contribution in [1.29, 1.82) is 0 Å². The van der Waals surface area contributed by atoms with Crippen LogP contribution in [0.4, 0.5) is 11.5 Å². The van der Waals surface area contributed by atoms with Crippen molar-refractivity contribution in [3.05, 3.63) is 65.2 Å². The lowest BCUT2D eigenvalue weighted by Gasteiger charge is -2.35. The van der Waals surface area contributed by atoms with Crippen LogP contribution < -0.4 is 9.62 Å². The van der Waals surface area contributed by atoms with Crippen LogP contribution in [0.1, 0.15) is 15.9 Å². The molecule has 1 aliphatic heterocycles.